The molecule has 0 spiro atoms. The second kappa shape index (κ2) is 6.80. The summed E-state index contributed by atoms with van der Waals surface area (Å²) in [5, 5.41) is 7.78. The smallest absolute Gasteiger partial charge is 0.360 e. The average molecular weight is 291 g/mol. The summed E-state index contributed by atoms with van der Waals surface area (Å²) >= 11 is 0. The van der Waals surface area contributed by atoms with Crippen LogP contribution in [0.2, 0.25) is 0 Å². The Morgan fingerprint density at radius 2 is 2.19 bits per heavy atom. The van der Waals surface area contributed by atoms with E-state index in [1.807, 2.05) is 0 Å². The van der Waals surface area contributed by atoms with Crippen molar-refractivity contribution in [2.75, 3.05) is 13.7 Å². The highest BCUT2D eigenvalue weighted by Gasteiger charge is 2.19. The molecule has 2 rings (SSSR count). The van der Waals surface area contributed by atoms with Crippen molar-refractivity contribution in [2.45, 2.75) is 19.5 Å². The maximum atomic E-state index is 11.6. The molecule has 8 heteroatoms. The van der Waals surface area contributed by atoms with Crippen LogP contribution in [0.3, 0.4) is 0 Å². The predicted octanol–water partition coefficient (Wildman–Crippen LogP) is -0.572. The van der Waals surface area contributed by atoms with Crippen molar-refractivity contribution in [3.8, 4) is 0 Å². The molecule has 2 aromatic heterocycles. The molecule has 0 bridgehead atoms. The van der Waals surface area contributed by atoms with Gasteiger partial charge in [0.15, 0.2) is 5.69 Å². The van der Waals surface area contributed by atoms with Crippen molar-refractivity contribution in [3.05, 3.63) is 46.1 Å². The van der Waals surface area contributed by atoms with Crippen LogP contribution in [0.5, 0.6) is 0 Å². The Morgan fingerprint density at radius 1 is 1.38 bits per heavy atom. The topological polar surface area (TPSA) is 105 Å². The number of carbonyl (C=O) groups excluding carboxylic acids is 1. The Kier molecular flexibility index (Phi) is 4.83. The Balaban J connectivity index is 2.20. The van der Waals surface area contributed by atoms with Gasteiger partial charge in [0.05, 0.1) is 19.3 Å². The molecule has 0 aliphatic rings. The zero-order valence-corrected chi connectivity index (χ0v) is 11.7. The van der Waals surface area contributed by atoms with Crippen LogP contribution in [0.4, 0.5) is 0 Å². The number of aryl methyl sites for hydroxylation is 2. The maximum absolute atomic E-state index is 11.6. The summed E-state index contributed by atoms with van der Waals surface area (Å²) in [6.07, 6.45) is 2.16. The summed E-state index contributed by atoms with van der Waals surface area (Å²) in [5.41, 5.74) is 6.25. The van der Waals surface area contributed by atoms with Gasteiger partial charge in [0.25, 0.3) is 5.56 Å². The summed E-state index contributed by atoms with van der Waals surface area (Å²) in [6.45, 7) is 1.22. The standard InChI is InChI=1S/C13H17N5O3/c1-21-13(20)12-10(5-6-14)18(16-15-12)9-8-17-7-3-2-4-11(17)19/h2-4,7H,5-6,8-9,14H2,1H3. The zero-order chi connectivity index (χ0) is 15.2. The highest BCUT2D eigenvalue weighted by atomic mass is 16.5. The van der Waals surface area contributed by atoms with E-state index in [-0.39, 0.29) is 11.3 Å². The molecule has 0 amide bonds. The first kappa shape index (κ1) is 14.9. The SMILES string of the molecule is COC(=O)c1nnn(CCn2ccccc2=O)c1CCN. The number of nitrogens with zero attached hydrogens (tertiary/aromatic N) is 4. The van der Waals surface area contributed by atoms with E-state index in [0.29, 0.717) is 31.7 Å². The number of esters is 1. The zero-order valence-electron chi connectivity index (χ0n) is 11.7. The predicted molar refractivity (Wildman–Crippen MR) is 74.8 cm³/mol. The van der Waals surface area contributed by atoms with Gasteiger partial charge in [-0.1, -0.05) is 11.3 Å². The van der Waals surface area contributed by atoms with Crippen LogP contribution in [0.1, 0.15) is 16.2 Å². The number of nitrogens with two attached hydrogens (primary N) is 1. The van der Waals surface area contributed by atoms with Gasteiger partial charge in [-0.25, -0.2) is 9.48 Å². The van der Waals surface area contributed by atoms with Gasteiger partial charge in [0, 0.05) is 25.2 Å². The van der Waals surface area contributed by atoms with Gasteiger partial charge < -0.3 is 15.0 Å². The lowest BCUT2D eigenvalue weighted by Gasteiger charge is -2.08. The summed E-state index contributed by atoms with van der Waals surface area (Å²) in [5.74, 6) is -0.540. The van der Waals surface area contributed by atoms with E-state index in [0.717, 1.165) is 0 Å². The van der Waals surface area contributed by atoms with Gasteiger partial charge in [0.2, 0.25) is 0 Å². The molecule has 21 heavy (non-hydrogen) atoms. The lowest BCUT2D eigenvalue weighted by Crippen LogP contribution is -2.22. The van der Waals surface area contributed by atoms with Crippen LogP contribution in [0.15, 0.2) is 29.2 Å². The van der Waals surface area contributed by atoms with Crippen molar-refractivity contribution < 1.29 is 9.53 Å². The van der Waals surface area contributed by atoms with Crippen LogP contribution in [0.25, 0.3) is 0 Å². The summed E-state index contributed by atoms with van der Waals surface area (Å²) < 4.78 is 7.81. The van der Waals surface area contributed by atoms with Crippen LogP contribution < -0.4 is 11.3 Å². The Bertz CT molecular complexity index is 676. The number of hydrogen-bond donors (Lipinski definition) is 1. The third-order valence-corrected chi connectivity index (χ3v) is 3.05. The molecule has 0 unspecified atom stereocenters. The van der Waals surface area contributed by atoms with Crippen LogP contribution in [-0.4, -0.2) is 39.2 Å². The molecular formula is C13H17N5O3. The van der Waals surface area contributed by atoms with Crippen molar-refractivity contribution in [1.29, 1.82) is 0 Å². The van der Waals surface area contributed by atoms with E-state index in [1.54, 1.807) is 27.6 Å². The molecule has 0 fully saturated rings. The number of aromatic nitrogens is 4. The van der Waals surface area contributed by atoms with Crippen molar-refractivity contribution in [2.24, 2.45) is 5.73 Å². The van der Waals surface area contributed by atoms with Gasteiger partial charge in [-0.05, 0) is 12.6 Å². The van der Waals surface area contributed by atoms with E-state index in [1.165, 1.54) is 13.2 Å². The van der Waals surface area contributed by atoms with E-state index < -0.39 is 5.97 Å². The minimum absolute atomic E-state index is 0.0915. The second-order valence-corrected chi connectivity index (χ2v) is 4.37. The molecular weight excluding hydrogens is 274 g/mol. The fraction of sp³-hybridized carbons (Fsp3) is 0.385. The molecule has 2 N–H and O–H groups in total. The second-order valence-electron chi connectivity index (χ2n) is 4.37. The van der Waals surface area contributed by atoms with Gasteiger partial charge in [-0.3, -0.25) is 4.79 Å². The van der Waals surface area contributed by atoms with E-state index >= 15 is 0 Å². The van der Waals surface area contributed by atoms with E-state index in [4.69, 9.17) is 5.73 Å². The number of rotatable bonds is 6. The summed E-state index contributed by atoms with van der Waals surface area (Å²) in [4.78, 5) is 23.3. The van der Waals surface area contributed by atoms with Crippen LogP contribution in [0, 0.1) is 0 Å². The fourth-order valence-electron chi connectivity index (χ4n) is 2.00. The van der Waals surface area contributed by atoms with E-state index in [2.05, 4.69) is 15.0 Å². The van der Waals surface area contributed by atoms with Gasteiger partial charge in [-0.2, -0.15) is 0 Å². The van der Waals surface area contributed by atoms with Gasteiger partial charge >= 0.3 is 5.97 Å². The molecule has 0 atom stereocenters. The Labute approximate surface area is 121 Å². The highest BCUT2D eigenvalue weighted by molar-refractivity contribution is 5.88. The maximum Gasteiger partial charge on any atom is 0.360 e. The lowest BCUT2D eigenvalue weighted by molar-refractivity contribution is 0.0592. The van der Waals surface area contributed by atoms with Gasteiger partial charge in [-0.15, -0.1) is 5.10 Å². The molecule has 2 aromatic rings. The molecule has 0 saturated heterocycles. The minimum atomic E-state index is -0.540. The molecule has 8 nitrogen and oxygen atoms in total. The highest BCUT2D eigenvalue weighted by Crippen LogP contribution is 2.08. The van der Waals surface area contributed by atoms with Crippen molar-refractivity contribution >= 4 is 5.97 Å². The molecule has 0 radical (unpaired) electrons. The first-order chi connectivity index (χ1) is 10.2. The lowest BCUT2D eigenvalue weighted by atomic mass is 10.2. The number of methoxy groups -OCH3 is 1. The third kappa shape index (κ3) is 3.34. The van der Waals surface area contributed by atoms with Crippen LogP contribution >= 0.6 is 0 Å². The van der Waals surface area contributed by atoms with Gasteiger partial charge in [0.1, 0.15) is 0 Å². The number of carbonyl (C=O) groups is 1. The summed E-state index contributed by atoms with van der Waals surface area (Å²) in [6, 6.07) is 4.95. The van der Waals surface area contributed by atoms with Crippen LogP contribution in [-0.2, 0) is 24.2 Å². The quantitative estimate of drug-likeness (QED) is 0.714. The monoisotopic (exact) mass is 291 g/mol. The largest absolute Gasteiger partial charge is 0.464 e. The normalized spacial score (nSPS) is 10.6. The van der Waals surface area contributed by atoms with Crippen molar-refractivity contribution in [1.82, 2.24) is 19.6 Å². The number of ether oxygens (including phenoxy) is 1. The molecule has 0 saturated carbocycles. The van der Waals surface area contributed by atoms with E-state index in [9.17, 15) is 9.59 Å². The fourth-order valence-corrected chi connectivity index (χ4v) is 2.00. The molecule has 0 aromatic carbocycles. The molecule has 112 valence electrons. The first-order valence-corrected chi connectivity index (χ1v) is 6.53. The minimum Gasteiger partial charge on any atom is -0.464 e. The van der Waals surface area contributed by atoms with Crippen molar-refractivity contribution in [3.63, 3.8) is 0 Å². The Morgan fingerprint density at radius 3 is 2.86 bits per heavy atom. The first-order valence-electron chi connectivity index (χ1n) is 6.53. The average Bonchev–Trinajstić information content (AvgIpc) is 2.89. The number of hydrogen-bond acceptors (Lipinski definition) is 6. The molecule has 0 aliphatic carbocycles. The molecule has 0 aliphatic heterocycles. The Hall–Kier alpha value is -2.48. The third-order valence-electron chi connectivity index (χ3n) is 3.05. The summed E-state index contributed by atoms with van der Waals surface area (Å²) in [7, 11) is 1.29. The number of pyridine rings is 1. The molecule has 2 heterocycles.